The van der Waals surface area contributed by atoms with Gasteiger partial charge in [-0.3, -0.25) is 4.79 Å². The zero-order valence-corrected chi connectivity index (χ0v) is 14.9. The largest absolute Gasteiger partial charge is 0.488 e. The number of esters is 1. The number of ether oxygens (including phenoxy) is 2. The Kier molecular flexibility index (Phi) is 4.82. The van der Waals surface area contributed by atoms with E-state index in [1.54, 1.807) is 6.92 Å². The maximum Gasteiger partial charge on any atom is 0.308 e. The first-order valence-corrected chi connectivity index (χ1v) is 8.53. The van der Waals surface area contributed by atoms with Crippen LogP contribution in [0.1, 0.15) is 41.5 Å². The summed E-state index contributed by atoms with van der Waals surface area (Å²) in [5.74, 6) is 0.213. The highest BCUT2D eigenvalue weighted by Crippen LogP contribution is 2.40. The predicted octanol–water partition coefficient (Wildman–Crippen LogP) is 3.66. The summed E-state index contributed by atoms with van der Waals surface area (Å²) in [5.41, 5.74) is 2.98. The van der Waals surface area contributed by atoms with Crippen LogP contribution in [0.3, 0.4) is 0 Å². The van der Waals surface area contributed by atoms with Crippen molar-refractivity contribution in [1.82, 2.24) is 0 Å². The molecule has 2 aromatic rings. The molecule has 1 heterocycles. The second-order valence-electron chi connectivity index (χ2n) is 6.97. The van der Waals surface area contributed by atoms with E-state index in [-0.39, 0.29) is 24.9 Å². The van der Waals surface area contributed by atoms with Crippen molar-refractivity contribution >= 4 is 5.97 Å². The van der Waals surface area contributed by atoms with Gasteiger partial charge in [-0.1, -0.05) is 42.5 Å². The van der Waals surface area contributed by atoms with Crippen molar-refractivity contribution < 1.29 is 19.4 Å². The molecule has 0 aliphatic carbocycles. The zero-order valence-electron chi connectivity index (χ0n) is 14.9. The van der Waals surface area contributed by atoms with E-state index in [4.69, 9.17) is 9.47 Å². The lowest BCUT2D eigenvalue weighted by Gasteiger charge is -2.37. The standard InChI is InChI=1S/C21H24O4/c1-14-9-10-17(18-13-24-19(22)11-21(18,3)23)15(2)20(14)25-12-16-7-5-4-6-8-16/h4-10,18,23H,11-13H2,1-3H3. The van der Waals surface area contributed by atoms with Crippen LogP contribution < -0.4 is 4.74 Å². The van der Waals surface area contributed by atoms with Crippen LogP contribution >= 0.6 is 0 Å². The third kappa shape index (κ3) is 3.69. The van der Waals surface area contributed by atoms with E-state index in [1.165, 1.54) is 0 Å². The van der Waals surface area contributed by atoms with Gasteiger partial charge in [-0.2, -0.15) is 0 Å². The molecule has 1 N–H and O–H groups in total. The van der Waals surface area contributed by atoms with Gasteiger partial charge in [0.2, 0.25) is 0 Å². The van der Waals surface area contributed by atoms with Crippen LogP contribution in [-0.4, -0.2) is 23.3 Å². The number of hydrogen-bond acceptors (Lipinski definition) is 4. The fourth-order valence-electron chi connectivity index (χ4n) is 3.42. The Hall–Kier alpha value is -2.33. The summed E-state index contributed by atoms with van der Waals surface area (Å²) in [6.07, 6.45) is 0.00515. The molecule has 2 aromatic carbocycles. The molecule has 0 saturated carbocycles. The topological polar surface area (TPSA) is 55.8 Å². The van der Waals surface area contributed by atoms with Crippen molar-refractivity contribution in [3.05, 3.63) is 64.7 Å². The number of carbonyl (C=O) groups is 1. The third-order valence-electron chi connectivity index (χ3n) is 4.91. The molecule has 25 heavy (non-hydrogen) atoms. The highest BCUT2D eigenvalue weighted by Gasteiger charge is 2.41. The molecule has 1 saturated heterocycles. The second-order valence-corrected chi connectivity index (χ2v) is 6.97. The van der Waals surface area contributed by atoms with Gasteiger partial charge in [-0.15, -0.1) is 0 Å². The summed E-state index contributed by atoms with van der Waals surface area (Å²) in [5, 5.41) is 10.7. The smallest absolute Gasteiger partial charge is 0.308 e. The Morgan fingerprint density at radius 3 is 2.60 bits per heavy atom. The van der Waals surface area contributed by atoms with Crippen LogP contribution in [-0.2, 0) is 16.1 Å². The molecule has 2 unspecified atom stereocenters. The van der Waals surface area contributed by atoms with Gasteiger partial charge in [0.15, 0.2) is 0 Å². The van der Waals surface area contributed by atoms with Crippen molar-refractivity contribution in [2.75, 3.05) is 6.61 Å². The van der Waals surface area contributed by atoms with Gasteiger partial charge in [0, 0.05) is 5.92 Å². The SMILES string of the molecule is Cc1ccc(C2COC(=O)CC2(C)O)c(C)c1OCc1ccccc1. The number of hydrogen-bond donors (Lipinski definition) is 1. The Morgan fingerprint density at radius 1 is 1.20 bits per heavy atom. The van der Waals surface area contributed by atoms with Crippen LogP contribution in [0, 0.1) is 13.8 Å². The van der Waals surface area contributed by atoms with E-state index in [0.717, 1.165) is 28.0 Å². The molecule has 1 fully saturated rings. The summed E-state index contributed by atoms with van der Waals surface area (Å²) in [4.78, 5) is 11.5. The fourth-order valence-corrected chi connectivity index (χ4v) is 3.42. The van der Waals surface area contributed by atoms with Gasteiger partial charge in [-0.05, 0) is 43.0 Å². The van der Waals surface area contributed by atoms with E-state index < -0.39 is 5.60 Å². The average Bonchev–Trinajstić information content (AvgIpc) is 2.56. The summed E-state index contributed by atoms with van der Waals surface area (Å²) in [6, 6.07) is 14.0. The van der Waals surface area contributed by atoms with Crippen molar-refractivity contribution in [1.29, 1.82) is 0 Å². The molecule has 3 rings (SSSR count). The van der Waals surface area contributed by atoms with Gasteiger partial charge in [0.1, 0.15) is 19.0 Å². The zero-order chi connectivity index (χ0) is 18.0. The molecule has 0 bridgehead atoms. The Bertz CT molecular complexity index is 765. The van der Waals surface area contributed by atoms with Gasteiger partial charge in [-0.25, -0.2) is 0 Å². The minimum atomic E-state index is -1.12. The molecular weight excluding hydrogens is 316 g/mol. The molecule has 0 amide bonds. The van der Waals surface area contributed by atoms with E-state index in [0.29, 0.717) is 6.61 Å². The van der Waals surface area contributed by atoms with E-state index in [1.807, 2.05) is 56.3 Å². The minimum absolute atomic E-state index is 0.00515. The molecule has 4 nitrogen and oxygen atoms in total. The molecule has 132 valence electrons. The van der Waals surface area contributed by atoms with Crippen molar-refractivity contribution in [2.45, 2.75) is 45.3 Å². The maximum atomic E-state index is 11.5. The number of aryl methyl sites for hydroxylation is 1. The fraction of sp³-hybridized carbons (Fsp3) is 0.381. The first-order valence-electron chi connectivity index (χ1n) is 8.53. The van der Waals surface area contributed by atoms with Crippen molar-refractivity contribution in [2.24, 2.45) is 0 Å². The number of benzene rings is 2. The lowest BCUT2D eigenvalue weighted by Crippen LogP contribution is -2.43. The lowest BCUT2D eigenvalue weighted by molar-refractivity contribution is -0.161. The highest BCUT2D eigenvalue weighted by atomic mass is 16.5. The van der Waals surface area contributed by atoms with Crippen LogP contribution in [0.5, 0.6) is 5.75 Å². The molecular formula is C21H24O4. The molecule has 0 radical (unpaired) electrons. The highest BCUT2D eigenvalue weighted by molar-refractivity contribution is 5.72. The summed E-state index contributed by atoms with van der Waals surface area (Å²) >= 11 is 0. The van der Waals surface area contributed by atoms with Crippen LogP contribution in [0.2, 0.25) is 0 Å². The Morgan fingerprint density at radius 2 is 1.92 bits per heavy atom. The molecule has 4 heteroatoms. The maximum absolute atomic E-state index is 11.5. The quantitative estimate of drug-likeness (QED) is 0.863. The first-order chi connectivity index (χ1) is 11.9. The lowest BCUT2D eigenvalue weighted by atomic mass is 9.78. The van der Waals surface area contributed by atoms with E-state index in [2.05, 4.69) is 0 Å². The Balaban J connectivity index is 1.88. The molecule has 1 aliphatic rings. The third-order valence-corrected chi connectivity index (χ3v) is 4.91. The van der Waals surface area contributed by atoms with Crippen molar-refractivity contribution in [3.8, 4) is 5.75 Å². The van der Waals surface area contributed by atoms with Crippen molar-refractivity contribution in [3.63, 3.8) is 0 Å². The molecule has 1 aliphatic heterocycles. The first kappa shape index (κ1) is 17.5. The van der Waals surface area contributed by atoms with Crippen LogP contribution in [0.15, 0.2) is 42.5 Å². The molecule has 0 aromatic heterocycles. The number of carbonyl (C=O) groups excluding carboxylic acids is 1. The summed E-state index contributed by atoms with van der Waals surface area (Å²) in [7, 11) is 0. The summed E-state index contributed by atoms with van der Waals surface area (Å²) < 4.78 is 11.3. The van der Waals surface area contributed by atoms with Gasteiger partial charge in [0.05, 0.1) is 12.0 Å². The number of aliphatic hydroxyl groups is 1. The van der Waals surface area contributed by atoms with Gasteiger partial charge >= 0.3 is 5.97 Å². The van der Waals surface area contributed by atoms with E-state index >= 15 is 0 Å². The van der Waals surface area contributed by atoms with Crippen LogP contribution in [0.25, 0.3) is 0 Å². The van der Waals surface area contributed by atoms with Gasteiger partial charge in [0.25, 0.3) is 0 Å². The molecule has 2 atom stereocenters. The number of rotatable bonds is 4. The monoisotopic (exact) mass is 340 g/mol. The Labute approximate surface area is 148 Å². The normalized spacial score (nSPS) is 23.2. The van der Waals surface area contributed by atoms with Crippen LogP contribution in [0.4, 0.5) is 0 Å². The summed E-state index contributed by atoms with van der Waals surface area (Å²) in [6.45, 7) is 6.38. The predicted molar refractivity (Wildman–Crippen MR) is 95.6 cm³/mol. The number of cyclic esters (lactones) is 1. The second kappa shape index (κ2) is 6.89. The minimum Gasteiger partial charge on any atom is -0.488 e. The van der Waals surface area contributed by atoms with Gasteiger partial charge < -0.3 is 14.6 Å². The molecule has 0 spiro atoms. The average molecular weight is 340 g/mol. The van der Waals surface area contributed by atoms with E-state index in [9.17, 15) is 9.90 Å².